The van der Waals surface area contributed by atoms with Gasteiger partial charge in [0.15, 0.2) is 9.84 Å². The van der Waals surface area contributed by atoms with Crippen LogP contribution in [0.2, 0.25) is 0 Å². The Morgan fingerprint density at radius 2 is 1.94 bits per heavy atom. The van der Waals surface area contributed by atoms with Crippen LogP contribution >= 0.6 is 11.3 Å². The highest BCUT2D eigenvalue weighted by molar-refractivity contribution is 7.90. The molecule has 0 aliphatic rings. The molecule has 0 unspecified atom stereocenters. The third-order valence-corrected chi connectivity index (χ3v) is 4.53. The van der Waals surface area contributed by atoms with Crippen molar-refractivity contribution in [2.24, 2.45) is 5.73 Å². The zero-order valence-electron chi connectivity index (χ0n) is 9.96. The lowest BCUT2D eigenvalue weighted by molar-refractivity contribution is 0.602. The Morgan fingerprint density at radius 1 is 1.28 bits per heavy atom. The Kier molecular flexibility index (Phi) is 3.79. The van der Waals surface area contributed by atoms with Gasteiger partial charge in [-0.25, -0.2) is 13.4 Å². The number of aromatic nitrogens is 1. The molecule has 0 atom stereocenters. The van der Waals surface area contributed by atoms with Gasteiger partial charge in [-0.1, -0.05) is 12.1 Å². The molecule has 0 saturated carbocycles. The van der Waals surface area contributed by atoms with Gasteiger partial charge in [0.1, 0.15) is 0 Å². The summed E-state index contributed by atoms with van der Waals surface area (Å²) in [5.41, 5.74) is 7.26. The molecule has 0 bridgehead atoms. The second-order valence-corrected chi connectivity index (χ2v) is 6.92. The fourth-order valence-electron chi connectivity index (χ4n) is 1.55. The Labute approximate surface area is 110 Å². The molecule has 0 radical (unpaired) electrons. The van der Waals surface area contributed by atoms with Gasteiger partial charge >= 0.3 is 0 Å². The summed E-state index contributed by atoms with van der Waals surface area (Å²) in [7, 11) is -3.14. The van der Waals surface area contributed by atoms with E-state index in [1.807, 2.05) is 5.38 Å². The van der Waals surface area contributed by atoms with Crippen LogP contribution in [0.25, 0.3) is 11.3 Å². The number of sulfone groups is 1. The van der Waals surface area contributed by atoms with E-state index in [1.54, 1.807) is 35.6 Å². The van der Waals surface area contributed by atoms with Crippen molar-refractivity contribution in [3.05, 3.63) is 34.7 Å². The smallest absolute Gasteiger partial charge is 0.175 e. The van der Waals surface area contributed by atoms with Crippen LogP contribution < -0.4 is 5.73 Å². The molecule has 18 heavy (non-hydrogen) atoms. The minimum Gasteiger partial charge on any atom is -0.330 e. The third kappa shape index (κ3) is 2.95. The quantitative estimate of drug-likeness (QED) is 0.926. The van der Waals surface area contributed by atoms with E-state index in [9.17, 15) is 8.42 Å². The monoisotopic (exact) mass is 282 g/mol. The average Bonchev–Trinajstić information content (AvgIpc) is 2.77. The molecule has 2 N–H and O–H groups in total. The number of hydrogen-bond acceptors (Lipinski definition) is 5. The third-order valence-electron chi connectivity index (χ3n) is 2.49. The van der Waals surface area contributed by atoms with Gasteiger partial charge < -0.3 is 5.73 Å². The SMILES string of the molecule is CS(=O)(=O)c1ccc(-c2csc(CCN)n2)cc1. The van der Waals surface area contributed by atoms with Crippen LogP contribution in [0.5, 0.6) is 0 Å². The summed E-state index contributed by atoms with van der Waals surface area (Å²) in [6, 6.07) is 6.76. The predicted octanol–water partition coefficient (Wildman–Crippen LogP) is 1.71. The van der Waals surface area contributed by atoms with Crippen molar-refractivity contribution in [2.45, 2.75) is 11.3 Å². The first-order valence-corrected chi connectivity index (χ1v) is 8.23. The molecule has 1 heterocycles. The van der Waals surface area contributed by atoms with Crippen molar-refractivity contribution >= 4 is 21.2 Å². The molecule has 0 amide bonds. The van der Waals surface area contributed by atoms with Gasteiger partial charge in [-0.3, -0.25) is 0 Å². The molecule has 0 aliphatic heterocycles. The highest BCUT2D eigenvalue weighted by Gasteiger charge is 2.08. The fraction of sp³-hybridized carbons (Fsp3) is 0.250. The van der Waals surface area contributed by atoms with Crippen molar-refractivity contribution in [2.75, 3.05) is 12.8 Å². The summed E-state index contributed by atoms with van der Waals surface area (Å²) in [5, 5.41) is 2.96. The lowest BCUT2D eigenvalue weighted by Gasteiger charge is -2.00. The molecular weight excluding hydrogens is 268 g/mol. The van der Waals surface area contributed by atoms with Gasteiger partial charge in [-0.2, -0.15) is 0 Å². The number of nitrogens with zero attached hydrogens (tertiary/aromatic N) is 1. The van der Waals surface area contributed by atoms with Gasteiger partial charge in [-0.15, -0.1) is 11.3 Å². The topological polar surface area (TPSA) is 73.0 Å². The minimum atomic E-state index is -3.14. The summed E-state index contributed by atoms with van der Waals surface area (Å²) >= 11 is 1.57. The second-order valence-electron chi connectivity index (χ2n) is 3.96. The summed E-state index contributed by atoms with van der Waals surface area (Å²) in [6.45, 7) is 0.583. The van der Waals surface area contributed by atoms with Crippen LogP contribution in [0, 0.1) is 0 Å². The van der Waals surface area contributed by atoms with E-state index in [-0.39, 0.29) is 0 Å². The normalized spacial score (nSPS) is 11.7. The van der Waals surface area contributed by atoms with Gasteiger partial charge in [0.05, 0.1) is 15.6 Å². The lowest BCUT2D eigenvalue weighted by Crippen LogP contribution is -2.02. The summed E-state index contributed by atoms with van der Waals surface area (Å²) in [5.74, 6) is 0. The first-order valence-electron chi connectivity index (χ1n) is 5.45. The Bertz CT molecular complexity index is 630. The van der Waals surface area contributed by atoms with Crippen LogP contribution in [-0.2, 0) is 16.3 Å². The number of benzene rings is 1. The zero-order chi connectivity index (χ0) is 13.2. The van der Waals surface area contributed by atoms with E-state index in [2.05, 4.69) is 4.98 Å². The number of nitrogens with two attached hydrogens (primary N) is 1. The van der Waals surface area contributed by atoms with E-state index in [0.29, 0.717) is 11.4 Å². The van der Waals surface area contributed by atoms with Gasteiger partial charge in [0, 0.05) is 23.6 Å². The number of thiazole rings is 1. The molecule has 2 aromatic rings. The molecule has 1 aromatic heterocycles. The second kappa shape index (κ2) is 5.17. The standard InChI is InChI=1S/C12H14N2O2S2/c1-18(15,16)10-4-2-9(3-5-10)11-8-17-12(14-11)6-7-13/h2-5,8H,6-7,13H2,1H3. The summed E-state index contributed by atoms with van der Waals surface area (Å²) in [4.78, 5) is 4.77. The van der Waals surface area contributed by atoms with E-state index in [0.717, 1.165) is 22.7 Å². The van der Waals surface area contributed by atoms with Crippen molar-refractivity contribution < 1.29 is 8.42 Å². The van der Waals surface area contributed by atoms with Gasteiger partial charge in [-0.05, 0) is 18.7 Å². The summed E-state index contributed by atoms with van der Waals surface area (Å²) < 4.78 is 22.7. The van der Waals surface area contributed by atoms with Gasteiger partial charge in [0.2, 0.25) is 0 Å². The van der Waals surface area contributed by atoms with Crippen LogP contribution in [0.1, 0.15) is 5.01 Å². The maximum absolute atomic E-state index is 11.3. The van der Waals surface area contributed by atoms with Crippen molar-refractivity contribution in [1.29, 1.82) is 0 Å². The molecular formula is C12H14N2O2S2. The Balaban J connectivity index is 2.28. The largest absolute Gasteiger partial charge is 0.330 e. The molecule has 0 spiro atoms. The van der Waals surface area contributed by atoms with Gasteiger partial charge in [0.25, 0.3) is 0 Å². The van der Waals surface area contributed by atoms with Crippen molar-refractivity contribution in [1.82, 2.24) is 4.98 Å². The highest BCUT2D eigenvalue weighted by Crippen LogP contribution is 2.23. The number of rotatable bonds is 4. The fourth-order valence-corrected chi connectivity index (χ4v) is 3.01. The van der Waals surface area contributed by atoms with Crippen molar-refractivity contribution in [3.8, 4) is 11.3 Å². The molecule has 2 rings (SSSR count). The molecule has 96 valence electrons. The Morgan fingerprint density at radius 3 is 2.50 bits per heavy atom. The average molecular weight is 282 g/mol. The molecule has 6 heteroatoms. The first-order chi connectivity index (χ1) is 8.50. The predicted molar refractivity (Wildman–Crippen MR) is 73.4 cm³/mol. The number of hydrogen-bond donors (Lipinski definition) is 1. The minimum absolute atomic E-state index is 0.323. The molecule has 1 aromatic carbocycles. The van der Waals surface area contributed by atoms with E-state index in [4.69, 9.17) is 5.73 Å². The van der Waals surface area contributed by atoms with Crippen LogP contribution in [-0.4, -0.2) is 26.2 Å². The highest BCUT2D eigenvalue weighted by atomic mass is 32.2. The van der Waals surface area contributed by atoms with Crippen molar-refractivity contribution in [3.63, 3.8) is 0 Å². The zero-order valence-corrected chi connectivity index (χ0v) is 11.6. The van der Waals surface area contributed by atoms with Crippen LogP contribution in [0.4, 0.5) is 0 Å². The first kappa shape index (κ1) is 13.2. The molecule has 0 fully saturated rings. The molecule has 0 aliphatic carbocycles. The maximum Gasteiger partial charge on any atom is 0.175 e. The molecule has 4 nitrogen and oxygen atoms in total. The lowest BCUT2D eigenvalue weighted by atomic mass is 10.2. The summed E-state index contributed by atoms with van der Waals surface area (Å²) in [6.07, 6.45) is 1.97. The van der Waals surface area contributed by atoms with E-state index >= 15 is 0 Å². The van der Waals surface area contributed by atoms with Crippen LogP contribution in [0.3, 0.4) is 0 Å². The molecule has 0 saturated heterocycles. The van der Waals surface area contributed by atoms with Crippen LogP contribution in [0.15, 0.2) is 34.5 Å². The maximum atomic E-state index is 11.3. The van der Waals surface area contributed by atoms with E-state index in [1.165, 1.54) is 6.26 Å². The van der Waals surface area contributed by atoms with E-state index < -0.39 is 9.84 Å². The Hall–Kier alpha value is -1.24.